The second-order valence-corrected chi connectivity index (χ2v) is 11.6. The predicted octanol–water partition coefficient (Wildman–Crippen LogP) is 0.953. The van der Waals surface area contributed by atoms with E-state index in [1.165, 1.54) is 6.08 Å². The van der Waals surface area contributed by atoms with Gasteiger partial charge in [-0.1, -0.05) is 25.0 Å². The zero-order chi connectivity index (χ0) is 28.0. The summed E-state index contributed by atoms with van der Waals surface area (Å²) >= 11 is 7.47. The van der Waals surface area contributed by atoms with E-state index >= 15 is 0 Å². The molecule has 1 saturated heterocycles. The highest BCUT2D eigenvalue weighted by atomic mass is 35.5. The Bertz CT molecular complexity index is 911. The quantitative estimate of drug-likeness (QED) is 0.182. The van der Waals surface area contributed by atoms with Gasteiger partial charge in [-0.2, -0.15) is 0 Å². The summed E-state index contributed by atoms with van der Waals surface area (Å²) in [6, 6.07) is -1.89. The number of carboxylic acid groups (broad SMARTS) is 1. The van der Waals surface area contributed by atoms with Crippen LogP contribution in [0.2, 0.25) is 0 Å². The summed E-state index contributed by atoms with van der Waals surface area (Å²) in [5.74, 6) is -0.838. The van der Waals surface area contributed by atoms with Crippen LogP contribution in [0.15, 0.2) is 23.8 Å². The molecule has 0 spiro atoms. The first kappa shape index (κ1) is 30.7. The number of rotatable bonds is 8. The molecule has 2 aliphatic heterocycles. The van der Waals surface area contributed by atoms with Gasteiger partial charge >= 0.3 is 6.09 Å². The number of alkyl halides is 1. The first-order valence-electron chi connectivity index (χ1n) is 12.9. The molecule has 1 saturated carbocycles. The fourth-order valence-electron chi connectivity index (χ4n) is 5.11. The highest BCUT2D eigenvalue weighted by Gasteiger charge is 2.48. The number of amides is 3. The molecule has 2 heterocycles. The van der Waals surface area contributed by atoms with E-state index in [2.05, 4.69) is 10.6 Å². The molecule has 3 aliphatic rings. The van der Waals surface area contributed by atoms with E-state index in [0.717, 1.165) is 47.9 Å². The molecule has 2 unspecified atom stereocenters. The van der Waals surface area contributed by atoms with Gasteiger partial charge in [-0.25, -0.2) is 4.79 Å². The molecule has 13 heteroatoms. The van der Waals surface area contributed by atoms with Crippen molar-refractivity contribution in [3.63, 3.8) is 0 Å². The summed E-state index contributed by atoms with van der Waals surface area (Å²) in [5, 5.41) is 45.7. The van der Waals surface area contributed by atoms with Gasteiger partial charge in [-0.3, -0.25) is 14.5 Å². The molecule has 214 valence electrons. The lowest BCUT2D eigenvalue weighted by Gasteiger charge is -2.44. The Labute approximate surface area is 231 Å². The highest BCUT2D eigenvalue weighted by Crippen LogP contribution is 2.30. The summed E-state index contributed by atoms with van der Waals surface area (Å²) in [5.41, 5.74) is -0.119. The van der Waals surface area contributed by atoms with Crippen molar-refractivity contribution in [2.75, 3.05) is 12.8 Å². The number of nitrogens with one attached hydrogen (secondary N) is 2. The van der Waals surface area contributed by atoms with Gasteiger partial charge in [0, 0.05) is 18.7 Å². The third kappa shape index (κ3) is 7.64. The Balaban J connectivity index is 1.71. The van der Waals surface area contributed by atoms with Gasteiger partial charge in [0.15, 0.2) is 0 Å². The second-order valence-electron chi connectivity index (χ2n) is 9.97. The Morgan fingerprint density at radius 3 is 2.47 bits per heavy atom. The lowest BCUT2D eigenvalue weighted by molar-refractivity contribution is -0.205. The maximum Gasteiger partial charge on any atom is 0.408 e. The first-order valence-corrected chi connectivity index (χ1v) is 14.6. The molecular formula is C25H38ClN3O8S. The molecule has 3 amide bonds. The number of hydrogen-bond acceptors (Lipinski definition) is 8. The smallest absolute Gasteiger partial charge is 0.408 e. The van der Waals surface area contributed by atoms with Crippen LogP contribution in [0.4, 0.5) is 4.79 Å². The Hall–Kier alpha value is -1.83. The van der Waals surface area contributed by atoms with Crippen molar-refractivity contribution in [2.45, 2.75) is 98.8 Å². The Morgan fingerprint density at radius 2 is 1.87 bits per heavy atom. The highest BCUT2D eigenvalue weighted by molar-refractivity contribution is 7.99. The number of ether oxygens (including phenoxy) is 1. The number of allylic oxidation sites excluding steroid dienone is 1. The molecule has 0 aromatic heterocycles. The molecule has 38 heavy (non-hydrogen) atoms. The first-order chi connectivity index (χ1) is 18.0. The number of thioether (sulfide) groups is 1. The average Bonchev–Trinajstić information content (AvgIpc) is 3.28. The lowest BCUT2D eigenvalue weighted by Crippen LogP contribution is -2.65. The SMILES string of the molecule is CS[C@H]1O[C@H](C(NC(=O)[C@@H]2CC=C(/C=C/C(=O)NC3CCCC3)CCN2C(=O)O)C(C)Cl)[C@H](O)[C@H](O)[C@H]1O. The van der Waals surface area contributed by atoms with Gasteiger partial charge in [0.25, 0.3) is 0 Å². The van der Waals surface area contributed by atoms with Crippen LogP contribution >= 0.6 is 23.4 Å². The fourth-order valence-corrected chi connectivity index (χ4v) is 6.00. The number of aliphatic hydroxyl groups is 3. The van der Waals surface area contributed by atoms with E-state index in [0.29, 0.717) is 6.42 Å². The third-order valence-corrected chi connectivity index (χ3v) is 8.44. The van der Waals surface area contributed by atoms with Crippen molar-refractivity contribution in [2.24, 2.45) is 0 Å². The minimum Gasteiger partial charge on any atom is -0.465 e. The van der Waals surface area contributed by atoms with E-state index in [1.54, 1.807) is 25.3 Å². The maximum absolute atomic E-state index is 13.4. The molecule has 0 aromatic rings. The fraction of sp³-hybridized carbons (Fsp3) is 0.720. The lowest BCUT2D eigenvalue weighted by atomic mass is 9.93. The summed E-state index contributed by atoms with van der Waals surface area (Å²) in [6.07, 6.45) is 4.22. The molecule has 2 fully saturated rings. The molecule has 3 rings (SSSR count). The van der Waals surface area contributed by atoms with E-state index in [4.69, 9.17) is 16.3 Å². The van der Waals surface area contributed by atoms with Gasteiger partial charge in [0.2, 0.25) is 11.8 Å². The molecule has 6 N–H and O–H groups in total. The maximum atomic E-state index is 13.4. The van der Waals surface area contributed by atoms with Crippen LogP contribution in [0.5, 0.6) is 0 Å². The molecule has 11 nitrogen and oxygen atoms in total. The summed E-state index contributed by atoms with van der Waals surface area (Å²) in [4.78, 5) is 38.6. The number of carbonyl (C=O) groups is 3. The van der Waals surface area contributed by atoms with Crippen LogP contribution in [0.25, 0.3) is 0 Å². The van der Waals surface area contributed by atoms with Gasteiger partial charge in [-0.05, 0) is 44.4 Å². The van der Waals surface area contributed by atoms with Gasteiger partial charge < -0.3 is 35.8 Å². The van der Waals surface area contributed by atoms with Gasteiger partial charge in [0.05, 0.1) is 11.4 Å². The monoisotopic (exact) mass is 575 g/mol. The molecule has 0 aromatic carbocycles. The average molecular weight is 576 g/mol. The van der Waals surface area contributed by atoms with Crippen LogP contribution < -0.4 is 10.6 Å². The van der Waals surface area contributed by atoms with Crippen LogP contribution in [0.3, 0.4) is 0 Å². The summed E-state index contributed by atoms with van der Waals surface area (Å²) < 4.78 is 5.77. The molecule has 0 bridgehead atoms. The van der Waals surface area contributed by atoms with Crippen molar-refractivity contribution >= 4 is 41.3 Å². The third-order valence-electron chi connectivity index (χ3n) is 7.32. The van der Waals surface area contributed by atoms with E-state index in [1.807, 2.05) is 0 Å². The van der Waals surface area contributed by atoms with E-state index < -0.39 is 59.3 Å². The minimum absolute atomic E-state index is 0.0386. The Kier molecular flexibility index (Phi) is 11.3. The van der Waals surface area contributed by atoms with Crippen molar-refractivity contribution in [3.05, 3.63) is 23.8 Å². The van der Waals surface area contributed by atoms with Crippen molar-refractivity contribution < 1.29 is 39.5 Å². The normalized spacial score (nSPS) is 32.4. The van der Waals surface area contributed by atoms with E-state index in [9.17, 15) is 34.8 Å². The predicted molar refractivity (Wildman–Crippen MR) is 143 cm³/mol. The van der Waals surface area contributed by atoms with Crippen molar-refractivity contribution in [1.29, 1.82) is 0 Å². The molecule has 0 radical (unpaired) electrons. The van der Waals surface area contributed by atoms with Crippen molar-refractivity contribution in [1.82, 2.24) is 15.5 Å². The molecule has 1 aliphatic carbocycles. The van der Waals surface area contributed by atoms with E-state index in [-0.39, 0.29) is 24.9 Å². The zero-order valence-electron chi connectivity index (χ0n) is 21.5. The standard InChI is InChI=1S/C25H38ClN3O8S/c1-13(26)18(22-20(32)19(31)21(33)24(37-22)38-2)28-23(34)16-9-7-14(11-12-29(16)25(35)36)8-10-17(30)27-15-5-3-4-6-15/h7-8,10,13,15-16,18-22,24,31-33H,3-6,9,11-12H2,1-2H3,(H,27,30)(H,28,34)(H,35,36)/b10-8+/t13?,16-,18?,19-,20+,21+,22+,24+/m0/s1. The van der Waals surface area contributed by atoms with Crippen LogP contribution in [0.1, 0.15) is 45.4 Å². The second kappa shape index (κ2) is 14.0. The number of halogens is 1. The number of carbonyl (C=O) groups excluding carboxylic acids is 2. The van der Waals surface area contributed by atoms with Crippen molar-refractivity contribution in [3.8, 4) is 0 Å². The topological polar surface area (TPSA) is 169 Å². The van der Waals surface area contributed by atoms with Crippen LogP contribution in [-0.2, 0) is 14.3 Å². The Morgan fingerprint density at radius 1 is 1.18 bits per heavy atom. The minimum atomic E-state index is -1.53. The number of hydrogen-bond donors (Lipinski definition) is 6. The van der Waals surface area contributed by atoms with Crippen LogP contribution in [-0.4, -0.2) is 109 Å². The summed E-state index contributed by atoms with van der Waals surface area (Å²) in [7, 11) is 0. The molecule has 8 atom stereocenters. The number of nitrogens with zero attached hydrogens (tertiary/aromatic N) is 1. The summed E-state index contributed by atoms with van der Waals surface area (Å²) in [6.45, 7) is 1.62. The largest absolute Gasteiger partial charge is 0.465 e. The van der Waals surface area contributed by atoms with Crippen LogP contribution in [0, 0.1) is 0 Å². The zero-order valence-corrected chi connectivity index (χ0v) is 23.1. The van der Waals surface area contributed by atoms with Gasteiger partial charge in [-0.15, -0.1) is 23.4 Å². The van der Waals surface area contributed by atoms with Gasteiger partial charge in [0.1, 0.15) is 35.9 Å². The molecular weight excluding hydrogens is 538 g/mol. The number of aliphatic hydroxyl groups excluding tert-OH is 3.